The number of ether oxygens (including phenoxy) is 1. The highest BCUT2D eigenvalue weighted by Crippen LogP contribution is 2.23. The molecule has 0 aliphatic rings. The highest BCUT2D eigenvalue weighted by Gasteiger charge is 2.18. The number of aryl methyl sites for hydroxylation is 4. The van der Waals surface area contributed by atoms with E-state index in [1.165, 1.54) is 29.4 Å². The van der Waals surface area contributed by atoms with E-state index in [1.54, 1.807) is 0 Å². The van der Waals surface area contributed by atoms with Crippen molar-refractivity contribution < 1.29 is 9.53 Å². The number of aromatic amines is 1. The molecule has 0 amide bonds. The molecule has 1 atom stereocenters. The summed E-state index contributed by atoms with van der Waals surface area (Å²) in [4.78, 5) is 24.0. The molecule has 2 aromatic carbocycles. The Morgan fingerprint density at radius 3 is 2.19 bits per heavy atom. The number of carbonyl (C=O) groups excluding carboxylic acids is 1. The highest BCUT2D eigenvalue weighted by atomic mass is 16.5. The Morgan fingerprint density at radius 2 is 1.54 bits per heavy atom. The number of nitrogens with zero attached hydrogens (tertiary/aromatic N) is 3. The molecule has 0 fully saturated rings. The van der Waals surface area contributed by atoms with Gasteiger partial charge >= 0.3 is 5.97 Å². The molecule has 3 rings (SSSR count). The summed E-state index contributed by atoms with van der Waals surface area (Å²) >= 11 is 0. The Hall–Kier alpha value is -3.64. The second kappa shape index (κ2) is 13.6. The molecule has 37 heavy (non-hydrogen) atoms. The van der Waals surface area contributed by atoms with Crippen LogP contribution in [0.2, 0.25) is 0 Å². The minimum Gasteiger partial charge on any atom is -0.468 e. The molecule has 0 aliphatic heterocycles. The SMILES string of the molecule is COC(=O)C(C)N(C)CCN(C)c1ccc(-c2ccc(CCc3nccc(C)ccc(C)[nH]3)cc2)cc1. The largest absolute Gasteiger partial charge is 0.468 e. The summed E-state index contributed by atoms with van der Waals surface area (Å²) in [5, 5.41) is 0. The number of anilines is 1. The molecule has 0 spiro atoms. The van der Waals surface area contributed by atoms with E-state index in [0.717, 1.165) is 43.1 Å². The normalized spacial score (nSPS) is 11.6. The number of carbonyl (C=O) groups is 1. The van der Waals surface area contributed by atoms with E-state index in [4.69, 9.17) is 4.74 Å². The molecule has 1 unspecified atom stereocenters. The van der Waals surface area contributed by atoms with Gasteiger partial charge in [-0.05, 0) is 80.8 Å². The Labute approximate surface area is 221 Å². The lowest BCUT2D eigenvalue weighted by Crippen LogP contribution is -2.40. The molecule has 6 nitrogen and oxygen atoms in total. The van der Waals surface area contributed by atoms with Crippen LogP contribution in [0.5, 0.6) is 0 Å². The lowest BCUT2D eigenvalue weighted by atomic mass is 10.0. The molecule has 0 bridgehead atoms. The predicted molar refractivity (Wildman–Crippen MR) is 152 cm³/mol. The third-order valence-electron chi connectivity index (χ3n) is 6.74. The number of likely N-dealkylation sites (N-methyl/N-ethyl adjacent to an activating group) is 2. The zero-order valence-corrected chi connectivity index (χ0v) is 23.0. The van der Waals surface area contributed by atoms with E-state index >= 15 is 0 Å². The number of hydrogen-bond donors (Lipinski definition) is 1. The van der Waals surface area contributed by atoms with E-state index in [1.807, 2.05) is 31.1 Å². The van der Waals surface area contributed by atoms with E-state index in [-0.39, 0.29) is 12.0 Å². The first-order valence-electron chi connectivity index (χ1n) is 12.8. The molecular formula is C31H40N4O2. The molecule has 0 saturated carbocycles. The van der Waals surface area contributed by atoms with Crippen molar-refractivity contribution in [1.82, 2.24) is 14.9 Å². The fourth-order valence-electron chi connectivity index (χ4n) is 4.00. The van der Waals surface area contributed by atoms with Crippen LogP contribution in [0.4, 0.5) is 5.69 Å². The Balaban J connectivity index is 1.58. The van der Waals surface area contributed by atoms with Crippen molar-refractivity contribution in [1.29, 1.82) is 0 Å². The van der Waals surface area contributed by atoms with Crippen LogP contribution in [-0.4, -0.2) is 61.2 Å². The van der Waals surface area contributed by atoms with Crippen LogP contribution < -0.4 is 4.90 Å². The third kappa shape index (κ3) is 8.46. The second-order valence-corrected chi connectivity index (χ2v) is 9.62. The molecule has 3 aromatic rings. The fraction of sp³-hybridized carbons (Fsp3) is 0.355. The van der Waals surface area contributed by atoms with Gasteiger partial charge in [0, 0.05) is 44.1 Å². The molecule has 1 N–H and O–H groups in total. The lowest BCUT2D eigenvalue weighted by Gasteiger charge is -2.26. The fourth-order valence-corrected chi connectivity index (χ4v) is 4.00. The van der Waals surface area contributed by atoms with E-state index in [0.29, 0.717) is 0 Å². The van der Waals surface area contributed by atoms with Gasteiger partial charge in [0.05, 0.1) is 7.11 Å². The van der Waals surface area contributed by atoms with E-state index in [2.05, 4.69) is 96.4 Å². The van der Waals surface area contributed by atoms with Crippen LogP contribution in [0.25, 0.3) is 11.1 Å². The molecule has 0 aliphatic carbocycles. The molecule has 196 valence electrons. The number of benzene rings is 2. The van der Waals surface area contributed by atoms with Gasteiger partial charge in [-0.2, -0.15) is 0 Å². The van der Waals surface area contributed by atoms with Gasteiger partial charge in [-0.3, -0.25) is 9.69 Å². The number of esters is 1. The van der Waals surface area contributed by atoms with Crippen LogP contribution in [0.1, 0.15) is 29.6 Å². The maximum atomic E-state index is 11.7. The quantitative estimate of drug-likeness (QED) is 0.371. The Bertz CT molecular complexity index is 1200. The monoisotopic (exact) mass is 500 g/mol. The summed E-state index contributed by atoms with van der Waals surface area (Å²) < 4.78 is 4.84. The average Bonchev–Trinajstić information content (AvgIpc) is 3.00. The van der Waals surface area contributed by atoms with Crippen molar-refractivity contribution in [2.75, 3.05) is 39.2 Å². The van der Waals surface area contributed by atoms with Crippen LogP contribution in [0, 0.1) is 13.8 Å². The molecule has 1 heterocycles. The van der Waals surface area contributed by atoms with Crippen LogP contribution in [0.15, 0.2) is 72.9 Å². The third-order valence-corrected chi connectivity index (χ3v) is 6.74. The van der Waals surface area contributed by atoms with Gasteiger partial charge in [0.1, 0.15) is 11.9 Å². The Kier molecular flexibility index (Phi) is 10.3. The van der Waals surface area contributed by atoms with Gasteiger partial charge in [0.25, 0.3) is 0 Å². The van der Waals surface area contributed by atoms with Crippen LogP contribution in [0.3, 0.4) is 0 Å². The van der Waals surface area contributed by atoms with Crippen LogP contribution >= 0.6 is 0 Å². The minimum atomic E-state index is -0.256. The summed E-state index contributed by atoms with van der Waals surface area (Å²) in [6, 6.07) is 23.3. The first-order chi connectivity index (χ1) is 17.8. The maximum absolute atomic E-state index is 11.7. The topological polar surface area (TPSA) is 61.5 Å². The molecular weight excluding hydrogens is 460 g/mol. The number of nitrogens with one attached hydrogen (secondary N) is 1. The van der Waals surface area contributed by atoms with Crippen molar-refractivity contribution in [2.24, 2.45) is 0 Å². The number of methoxy groups -OCH3 is 1. The van der Waals surface area contributed by atoms with Crippen molar-refractivity contribution in [3.63, 3.8) is 0 Å². The highest BCUT2D eigenvalue weighted by molar-refractivity contribution is 5.75. The van der Waals surface area contributed by atoms with Gasteiger partial charge < -0.3 is 14.6 Å². The maximum Gasteiger partial charge on any atom is 0.322 e. The smallest absolute Gasteiger partial charge is 0.322 e. The Morgan fingerprint density at radius 1 is 0.892 bits per heavy atom. The minimum absolute atomic E-state index is 0.210. The van der Waals surface area contributed by atoms with Crippen molar-refractivity contribution in [3.8, 4) is 11.1 Å². The summed E-state index contributed by atoms with van der Waals surface area (Å²) in [5.74, 6) is 0.765. The van der Waals surface area contributed by atoms with Gasteiger partial charge in [-0.15, -0.1) is 0 Å². The number of rotatable bonds is 10. The summed E-state index contributed by atoms with van der Waals surface area (Å²) in [6.45, 7) is 7.58. The zero-order valence-electron chi connectivity index (χ0n) is 23.0. The first-order valence-corrected chi connectivity index (χ1v) is 12.8. The average molecular weight is 501 g/mol. The first kappa shape index (κ1) is 27.9. The second-order valence-electron chi connectivity index (χ2n) is 9.62. The molecule has 0 radical (unpaired) electrons. The van der Waals surface area contributed by atoms with E-state index < -0.39 is 0 Å². The zero-order chi connectivity index (χ0) is 26.8. The lowest BCUT2D eigenvalue weighted by molar-refractivity contribution is -0.145. The van der Waals surface area contributed by atoms with Gasteiger partial charge in [-0.25, -0.2) is 4.98 Å². The molecule has 6 heteroatoms. The number of aromatic nitrogens is 2. The summed E-state index contributed by atoms with van der Waals surface area (Å²) in [7, 11) is 5.44. The van der Waals surface area contributed by atoms with Crippen LogP contribution in [-0.2, 0) is 22.4 Å². The van der Waals surface area contributed by atoms with Crippen molar-refractivity contribution in [3.05, 3.63) is 95.6 Å². The standard InChI is InChI=1S/C31H40N4O2/c1-23-7-8-24(2)33-30(32-20-19-23)18-11-26-9-12-27(13-10-26)28-14-16-29(17-15-28)35(5)22-21-34(4)25(3)31(36)37-6/h7-10,12-17,19-20,25H,11,18,21-22H2,1-6H3,(H,32,33). The molecule has 0 saturated heterocycles. The number of hydrogen-bond acceptors (Lipinski definition) is 5. The summed E-state index contributed by atoms with van der Waals surface area (Å²) in [5.41, 5.74) is 7.09. The summed E-state index contributed by atoms with van der Waals surface area (Å²) in [6.07, 6.45) is 3.64. The number of H-pyrrole nitrogens is 1. The predicted octanol–water partition coefficient (Wildman–Crippen LogP) is 5.53. The van der Waals surface area contributed by atoms with Gasteiger partial charge in [0.15, 0.2) is 0 Å². The van der Waals surface area contributed by atoms with Crippen molar-refractivity contribution >= 4 is 11.7 Å². The van der Waals surface area contributed by atoms with Crippen molar-refractivity contribution in [2.45, 2.75) is 39.7 Å². The van der Waals surface area contributed by atoms with Gasteiger partial charge in [0.2, 0.25) is 0 Å². The van der Waals surface area contributed by atoms with E-state index in [9.17, 15) is 4.79 Å². The molecule has 1 aromatic heterocycles. The van der Waals surface area contributed by atoms with Gasteiger partial charge in [-0.1, -0.05) is 42.5 Å².